The molecule has 0 aromatic heterocycles. The summed E-state index contributed by atoms with van der Waals surface area (Å²) in [5, 5.41) is 5.38. The number of amides is 2. The number of nitrogens with one attached hydrogen (secondary N) is 2. The van der Waals surface area contributed by atoms with Crippen LogP contribution >= 0.6 is 0 Å². The molecule has 0 aromatic carbocycles. The van der Waals surface area contributed by atoms with Crippen molar-refractivity contribution in [3.63, 3.8) is 0 Å². The summed E-state index contributed by atoms with van der Waals surface area (Å²) in [6.07, 6.45) is -0.102. The first-order chi connectivity index (χ1) is 6.20. The zero-order valence-corrected chi connectivity index (χ0v) is 9.60. The van der Waals surface area contributed by atoms with Gasteiger partial charge in [0.15, 0.2) is 0 Å². The van der Waals surface area contributed by atoms with Crippen molar-refractivity contribution in [2.24, 2.45) is 0 Å². The van der Waals surface area contributed by atoms with Crippen molar-refractivity contribution in [2.75, 3.05) is 0 Å². The van der Waals surface area contributed by atoms with Crippen LogP contribution in [0.15, 0.2) is 0 Å². The molecule has 0 rings (SSSR count). The van der Waals surface area contributed by atoms with Gasteiger partial charge in [0.2, 0.25) is 11.8 Å². The van der Waals surface area contributed by atoms with Crippen LogP contribution in [0.2, 0.25) is 0 Å². The lowest BCUT2D eigenvalue weighted by molar-refractivity contribution is -0.130. The summed E-state index contributed by atoms with van der Waals surface area (Å²) < 4.78 is 0. The third-order valence-corrected chi connectivity index (χ3v) is 1.29. The Bertz CT molecular complexity index is 217. The van der Waals surface area contributed by atoms with Crippen LogP contribution < -0.4 is 10.6 Å². The number of rotatable bonds is 3. The molecular formula is C10H20N2O2. The van der Waals surface area contributed by atoms with E-state index in [1.807, 2.05) is 34.6 Å². The molecule has 0 aliphatic heterocycles. The van der Waals surface area contributed by atoms with Gasteiger partial charge < -0.3 is 10.6 Å². The topological polar surface area (TPSA) is 58.2 Å². The molecule has 0 radical (unpaired) electrons. The molecule has 0 heterocycles. The van der Waals surface area contributed by atoms with Gasteiger partial charge in [0.1, 0.15) is 6.42 Å². The summed E-state index contributed by atoms with van der Waals surface area (Å²) in [4.78, 5) is 22.5. The number of hydrogen-bond donors (Lipinski definition) is 2. The molecule has 0 fully saturated rings. The van der Waals surface area contributed by atoms with Crippen molar-refractivity contribution in [3.8, 4) is 0 Å². The van der Waals surface area contributed by atoms with Gasteiger partial charge in [0.05, 0.1) is 0 Å². The van der Waals surface area contributed by atoms with Crippen LogP contribution in [0.25, 0.3) is 0 Å². The second-order valence-electron chi connectivity index (χ2n) is 4.70. The highest BCUT2D eigenvalue weighted by atomic mass is 16.2. The monoisotopic (exact) mass is 200 g/mol. The Morgan fingerprint density at radius 1 is 1.14 bits per heavy atom. The van der Waals surface area contributed by atoms with E-state index in [0.717, 1.165) is 0 Å². The van der Waals surface area contributed by atoms with E-state index in [0.29, 0.717) is 0 Å². The lowest BCUT2D eigenvalue weighted by Gasteiger charge is -2.20. The molecule has 0 unspecified atom stereocenters. The average Bonchev–Trinajstić information content (AvgIpc) is 1.77. The standard InChI is InChI=1S/C10H20N2O2/c1-7(2)11-8(13)6-9(14)12-10(3,4)5/h7H,6H2,1-5H3,(H,11,13)(H,12,14). The van der Waals surface area contributed by atoms with E-state index in [2.05, 4.69) is 10.6 Å². The van der Waals surface area contributed by atoms with E-state index < -0.39 is 0 Å². The minimum Gasteiger partial charge on any atom is -0.353 e. The summed E-state index contributed by atoms with van der Waals surface area (Å²) in [5.41, 5.74) is -0.283. The number of hydrogen-bond acceptors (Lipinski definition) is 2. The van der Waals surface area contributed by atoms with Gasteiger partial charge in [-0.25, -0.2) is 0 Å². The first kappa shape index (κ1) is 12.9. The molecule has 14 heavy (non-hydrogen) atoms. The minimum absolute atomic E-state index is 0.0740. The van der Waals surface area contributed by atoms with Crippen molar-refractivity contribution in [3.05, 3.63) is 0 Å². The molecule has 0 aromatic rings. The Morgan fingerprint density at radius 3 is 2.00 bits per heavy atom. The Hall–Kier alpha value is -1.06. The maximum Gasteiger partial charge on any atom is 0.229 e. The number of carbonyl (C=O) groups excluding carboxylic acids is 2. The molecule has 0 spiro atoms. The predicted octanol–water partition coefficient (Wildman–Crippen LogP) is 0.816. The first-order valence-corrected chi connectivity index (χ1v) is 4.81. The Balaban J connectivity index is 3.90. The van der Waals surface area contributed by atoms with Crippen molar-refractivity contribution in [1.29, 1.82) is 0 Å². The van der Waals surface area contributed by atoms with Crippen LogP contribution in [0.1, 0.15) is 41.0 Å². The molecule has 0 bridgehead atoms. The third-order valence-electron chi connectivity index (χ3n) is 1.29. The summed E-state index contributed by atoms with van der Waals surface area (Å²) in [6, 6.07) is 0.0740. The zero-order valence-electron chi connectivity index (χ0n) is 9.60. The second kappa shape index (κ2) is 4.98. The van der Waals surface area contributed by atoms with Crippen LogP contribution in [0, 0.1) is 0 Å². The van der Waals surface area contributed by atoms with Gasteiger partial charge in [-0.1, -0.05) is 0 Å². The van der Waals surface area contributed by atoms with Gasteiger partial charge in [-0.2, -0.15) is 0 Å². The van der Waals surface area contributed by atoms with Gasteiger partial charge in [-0.15, -0.1) is 0 Å². The van der Waals surface area contributed by atoms with E-state index in [9.17, 15) is 9.59 Å². The molecule has 0 aliphatic rings. The molecule has 2 N–H and O–H groups in total. The number of carbonyl (C=O) groups is 2. The fraction of sp³-hybridized carbons (Fsp3) is 0.800. The minimum atomic E-state index is -0.283. The largest absolute Gasteiger partial charge is 0.353 e. The molecule has 4 heteroatoms. The fourth-order valence-corrected chi connectivity index (χ4v) is 0.981. The third kappa shape index (κ3) is 7.58. The summed E-state index contributed by atoms with van der Waals surface area (Å²) in [7, 11) is 0. The fourth-order valence-electron chi connectivity index (χ4n) is 0.981. The molecule has 0 atom stereocenters. The average molecular weight is 200 g/mol. The Morgan fingerprint density at radius 2 is 1.64 bits per heavy atom. The summed E-state index contributed by atoms with van der Waals surface area (Å²) >= 11 is 0. The van der Waals surface area contributed by atoms with E-state index in [4.69, 9.17) is 0 Å². The molecule has 0 aliphatic carbocycles. The predicted molar refractivity (Wildman–Crippen MR) is 55.8 cm³/mol. The van der Waals surface area contributed by atoms with Gasteiger partial charge >= 0.3 is 0 Å². The molecule has 2 amide bonds. The molecule has 4 nitrogen and oxygen atoms in total. The normalized spacial score (nSPS) is 11.3. The first-order valence-electron chi connectivity index (χ1n) is 4.81. The van der Waals surface area contributed by atoms with Gasteiger partial charge in [0, 0.05) is 11.6 Å². The summed E-state index contributed by atoms with van der Waals surface area (Å²) in [5.74, 6) is -0.475. The van der Waals surface area contributed by atoms with Crippen molar-refractivity contribution in [2.45, 2.75) is 52.6 Å². The van der Waals surface area contributed by atoms with Crippen LogP contribution in [0.4, 0.5) is 0 Å². The zero-order chi connectivity index (χ0) is 11.4. The lowest BCUT2D eigenvalue weighted by Crippen LogP contribution is -2.43. The SMILES string of the molecule is CC(C)NC(=O)CC(=O)NC(C)(C)C. The Kier molecular flexibility index (Phi) is 4.60. The van der Waals surface area contributed by atoms with Crippen LogP contribution in [-0.4, -0.2) is 23.4 Å². The van der Waals surface area contributed by atoms with Crippen LogP contribution in [0.3, 0.4) is 0 Å². The maximum atomic E-state index is 11.3. The molecule has 0 saturated carbocycles. The van der Waals surface area contributed by atoms with Crippen LogP contribution in [0.5, 0.6) is 0 Å². The Labute approximate surface area is 85.4 Å². The maximum absolute atomic E-state index is 11.3. The quantitative estimate of drug-likeness (QED) is 0.662. The van der Waals surface area contributed by atoms with Crippen molar-refractivity contribution >= 4 is 11.8 Å². The molecule has 82 valence electrons. The van der Waals surface area contributed by atoms with E-state index in [1.54, 1.807) is 0 Å². The van der Waals surface area contributed by atoms with E-state index >= 15 is 0 Å². The second-order valence-corrected chi connectivity index (χ2v) is 4.70. The van der Waals surface area contributed by atoms with E-state index in [1.165, 1.54) is 0 Å². The van der Waals surface area contributed by atoms with Gasteiger partial charge in [-0.05, 0) is 34.6 Å². The van der Waals surface area contributed by atoms with Gasteiger partial charge in [-0.3, -0.25) is 9.59 Å². The summed E-state index contributed by atoms with van der Waals surface area (Å²) in [6.45, 7) is 9.36. The lowest BCUT2D eigenvalue weighted by atomic mass is 10.1. The van der Waals surface area contributed by atoms with Crippen molar-refractivity contribution in [1.82, 2.24) is 10.6 Å². The smallest absolute Gasteiger partial charge is 0.229 e. The highest BCUT2D eigenvalue weighted by Crippen LogP contribution is 1.99. The highest BCUT2D eigenvalue weighted by molar-refractivity contribution is 5.97. The van der Waals surface area contributed by atoms with Crippen molar-refractivity contribution < 1.29 is 9.59 Å². The van der Waals surface area contributed by atoms with E-state index in [-0.39, 0.29) is 29.8 Å². The highest BCUT2D eigenvalue weighted by Gasteiger charge is 2.16. The van der Waals surface area contributed by atoms with Crippen LogP contribution in [-0.2, 0) is 9.59 Å². The molecular weight excluding hydrogens is 180 g/mol. The van der Waals surface area contributed by atoms with Gasteiger partial charge in [0.25, 0.3) is 0 Å². The molecule has 0 saturated heterocycles.